The van der Waals surface area contributed by atoms with Gasteiger partial charge in [-0.25, -0.2) is 0 Å². The first kappa shape index (κ1) is 12.1. The van der Waals surface area contributed by atoms with E-state index in [1.807, 2.05) is 0 Å². The average Bonchev–Trinajstić information content (AvgIpc) is 3.00. The van der Waals surface area contributed by atoms with Gasteiger partial charge in [-0.3, -0.25) is 0 Å². The molecule has 0 heterocycles. The highest BCUT2D eigenvalue weighted by Crippen LogP contribution is 2.32. The molecule has 1 aliphatic carbocycles. The number of ether oxygens (including phenoxy) is 1. The van der Waals surface area contributed by atoms with Crippen LogP contribution in [0.4, 0.5) is 0 Å². The quantitative estimate of drug-likeness (QED) is 0.806. The topological polar surface area (TPSA) is 49.7 Å². The Kier molecular flexibility index (Phi) is 3.65. The molecule has 0 amide bonds. The number of hydrogen-bond acceptors (Lipinski definition) is 3. The Morgan fingerprint density at radius 2 is 2.00 bits per heavy atom. The molecule has 1 aromatic carbocycles. The molecule has 0 bridgehead atoms. The summed E-state index contributed by atoms with van der Waals surface area (Å²) >= 11 is 11.8. The molecule has 2 N–H and O–H groups in total. The molecular weight excluding hydrogens is 250 g/mol. The summed E-state index contributed by atoms with van der Waals surface area (Å²) < 4.78 is 5.49. The van der Waals surface area contributed by atoms with E-state index in [0.29, 0.717) is 18.3 Å². The highest BCUT2D eigenvalue weighted by molar-refractivity contribution is 6.66. The third-order valence-corrected chi connectivity index (χ3v) is 3.24. The summed E-state index contributed by atoms with van der Waals surface area (Å²) in [5, 5.41) is 18.7. The molecule has 6 heteroatoms. The van der Waals surface area contributed by atoms with Crippen LogP contribution in [0.3, 0.4) is 0 Å². The fourth-order valence-electron chi connectivity index (χ4n) is 1.39. The van der Waals surface area contributed by atoms with Crippen molar-refractivity contribution >= 4 is 35.8 Å². The fraction of sp³-hybridized carbons (Fsp3) is 0.400. The smallest absolute Gasteiger partial charge is 0.491 e. The van der Waals surface area contributed by atoms with Crippen molar-refractivity contribution in [2.75, 3.05) is 6.61 Å². The second kappa shape index (κ2) is 4.84. The summed E-state index contributed by atoms with van der Waals surface area (Å²) in [6.45, 7) is 0.613. The largest absolute Gasteiger partial charge is 0.492 e. The van der Waals surface area contributed by atoms with Crippen LogP contribution in [0.5, 0.6) is 5.75 Å². The van der Waals surface area contributed by atoms with Gasteiger partial charge in [0, 0.05) is 10.5 Å². The maximum atomic E-state index is 9.13. The van der Waals surface area contributed by atoms with Gasteiger partial charge in [0.2, 0.25) is 0 Å². The molecule has 1 fully saturated rings. The Bertz CT molecular complexity index is 394. The summed E-state index contributed by atoms with van der Waals surface area (Å²) in [6, 6.07) is 3.18. The van der Waals surface area contributed by atoms with Gasteiger partial charge >= 0.3 is 7.12 Å². The van der Waals surface area contributed by atoms with Crippen LogP contribution >= 0.6 is 23.2 Å². The van der Waals surface area contributed by atoms with Crippen LogP contribution in [-0.4, -0.2) is 23.8 Å². The molecule has 1 aliphatic rings. The minimum Gasteiger partial charge on any atom is -0.492 e. The molecule has 1 saturated carbocycles. The molecule has 16 heavy (non-hydrogen) atoms. The van der Waals surface area contributed by atoms with Crippen molar-refractivity contribution in [3.8, 4) is 5.75 Å². The molecule has 2 rings (SSSR count). The minimum absolute atomic E-state index is 0.0941. The van der Waals surface area contributed by atoms with Crippen LogP contribution in [-0.2, 0) is 0 Å². The Hall–Kier alpha value is -0.415. The Labute approximate surface area is 104 Å². The zero-order valence-electron chi connectivity index (χ0n) is 8.49. The van der Waals surface area contributed by atoms with E-state index in [4.69, 9.17) is 38.0 Å². The maximum absolute atomic E-state index is 9.13. The highest BCUT2D eigenvalue weighted by atomic mass is 35.5. The van der Waals surface area contributed by atoms with Crippen molar-refractivity contribution in [1.29, 1.82) is 0 Å². The van der Waals surface area contributed by atoms with E-state index in [9.17, 15) is 0 Å². The van der Waals surface area contributed by atoms with Gasteiger partial charge in [0.15, 0.2) is 0 Å². The molecule has 0 saturated heterocycles. The van der Waals surface area contributed by atoms with Crippen LogP contribution in [0, 0.1) is 5.92 Å². The van der Waals surface area contributed by atoms with Gasteiger partial charge in [-0.1, -0.05) is 23.2 Å². The Balaban J connectivity index is 2.20. The molecule has 0 radical (unpaired) electrons. The Morgan fingerprint density at radius 1 is 1.31 bits per heavy atom. The van der Waals surface area contributed by atoms with Gasteiger partial charge < -0.3 is 14.8 Å². The van der Waals surface area contributed by atoms with E-state index in [-0.39, 0.29) is 15.5 Å². The van der Waals surface area contributed by atoms with E-state index in [0.717, 1.165) is 0 Å². The van der Waals surface area contributed by atoms with Crippen LogP contribution in [0.15, 0.2) is 12.1 Å². The lowest BCUT2D eigenvalue weighted by molar-refractivity contribution is 0.300. The van der Waals surface area contributed by atoms with Gasteiger partial charge in [0.25, 0.3) is 0 Å². The normalized spacial score (nSPS) is 15.0. The molecule has 0 aliphatic heterocycles. The molecule has 3 nitrogen and oxygen atoms in total. The molecule has 0 atom stereocenters. The van der Waals surface area contributed by atoms with Crippen molar-refractivity contribution in [1.82, 2.24) is 0 Å². The zero-order valence-corrected chi connectivity index (χ0v) is 10.0. The van der Waals surface area contributed by atoms with Gasteiger partial charge in [-0.2, -0.15) is 0 Å². The summed E-state index contributed by atoms with van der Waals surface area (Å²) in [5.74, 6) is 1.05. The first-order chi connectivity index (χ1) is 7.59. The van der Waals surface area contributed by atoms with Crippen LogP contribution < -0.4 is 10.2 Å². The van der Waals surface area contributed by atoms with Gasteiger partial charge in [0.05, 0.1) is 11.6 Å². The van der Waals surface area contributed by atoms with Crippen molar-refractivity contribution in [3.63, 3.8) is 0 Å². The number of rotatable bonds is 4. The van der Waals surface area contributed by atoms with Crippen LogP contribution in [0.25, 0.3) is 0 Å². The molecule has 86 valence electrons. The third kappa shape index (κ3) is 2.63. The minimum atomic E-state index is -1.69. The molecule has 0 unspecified atom stereocenters. The first-order valence-corrected chi connectivity index (χ1v) is 5.82. The van der Waals surface area contributed by atoms with Gasteiger partial charge in [-0.15, -0.1) is 0 Å². The van der Waals surface area contributed by atoms with Gasteiger partial charge in [-0.05, 0) is 30.9 Å². The lowest BCUT2D eigenvalue weighted by Crippen LogP contribution is -2.32. The molecule has 0 aromatic heterocycles. The van der Waals surface area contributed by atoms with E-state index in [1.165, 1.54) is 12.8 Å². The second-order valence-electron chi connectivity index (χ2n) is 3.90. The Morgan fingerprint density at radius 3 is 2.56 bits per heavy atom. The van der Waals surface area contributed by atoms with E-state index >= 15 is 0 Å². The third-order valence-electron chi connectivity index (χ3n) is 2.52. The summed E-state index contributed by atoms with van der Waals surface area (Å²) in [5.41, 5.74) is 0.0941. The molecule has 1 aromatic rings. The zero-order chi connectivity index (χ0) is 11.7. The van der Waals surface area contributed by atoms with Crippen molar-refractivity contribution in [3.05, 3.63) is 22.2 Å². The van der Waals surface area contributed by atoms with E-state index < -0.39 is 7.12 Å². The van der Waals surface area contributed by atoms with Crippen LogP contribution in [0.1, 0.15) is 12.8 Å². The summed E-state index contributed by atoms with van der Waals surface area (Å²) in [6.07, 6.45) is 2.36. The predicted octanol–water partition coefficient (Wildman–Crippen LogP) is 1.46. The highest BCUT2D eigenvalue weighted by Gasteiger charge is 2.25. The van der Waals surface area contributed by atoms with Crippen molar-refractivity contribution in [2.24, 2.45) is 5.92 Å². The number of benzene rings is 1. The standard InChI is InChI=1S/C10H11BCl2O3/c12-7-3-4-8(16-5-6-1-2-6)10(13)9(7)11(14)15/h3-4,6,14-15H,1-2,5H2. The summed E-state index contributed by atoms with van der Waals surface area (Å²) in [4.78, 5) is 0. The first-order valence-electron chi connectivity index (χ1n) is 5.06. The molecule has 0 spiro atoms. The predicted molar refractivity (Wildman–Crippen MR) is 64.5 cm³/mol. The number of hydrogen-bond donors (Lipinski definition) is 2. The van der Waals surface area contributed by atoms with Crippen molar-refractivity contribution in [2.45, 2.75) is 12.8 Å². The average molecular weight is 261 g/mol. The SMILES string of the molecule is OB(O)c1c(Cl)ccc(OCC2CC2)c1Cl. The van der Waals surface area contributed by atoms with Gasteiger partial charge in [0.1, 0.15) is 5.75 Å². The number of halogens is 2. The second-order valence-corrected chi connectivity index (χ2v) is 4.69. The summed E-state index contributed by atoms with van der Waals surface area (Å²) in [7, 11) is -1.69. The fourth-order valence-corrected chi connectivity index (χ4v) is 2.01. The van der Waals surface area contributed by atoms with Crippen LogP contribution in [0.2, 0.25) is 10.0 Å². The molecular formula is C10H11BCl2O3. The monoisotopic (exact) mass is 260 g/mol. The van der Waals surface area contributed by atoms with E-state index in [1.54, 1.807) is 12.1 Å². The maximum Gasteiger partial charge on any atom is 0.491 e. The lowest BCUT2D eigenvalue weighted by atomic mass is 9.80. The van der Waals surface area contributed by atoms with E-state index in [2.05, 4.69) is 0 Å². The van der Waals surface area contributed by atoms with Crippen molar-refractivity contribution < 1.29 is 14.8 Å². The lowest BCUT2D eigenvalue weighted by Gasteiger charge is -2.12.